The van der Waals surface area contributed by atoms with Gasteiger partial charge >= 0.3 is 0 Å². The van der Waals surface area contributed by atoms with Crippen molar-refractivity contribution in [2.45, 2.75) is 26.3 Å². The minimum atomic E-state index is 0.615. The Bertz CT molecular complexity index is 384. The minimum Gasteiger partial charge on any atom is -0.355 e. The number of rotatable bonds is 4. The number of hydrogen-bond acceptors (Lipinski definition) is 2. The minimum absolute atomic E-state index is 0.615. The number of amidine groups is 1. The van der Waals surface area contributed by atoms with Crippen LogP contribution in [0.3, 0.4) is 0 Å². The zero-order chi connectivity index (χ0) is 13.0. The lowest BCUT2D eigenvalue weighted by Gasteiger charge is -2.26. The van der Waals surface area contributed by atoms with Crippen molar-refractivity contribution < 1.29 is 0 Å². The van der Waals surface area contributed by atoms with Crippen molar-refractivity contribution in [1.29, 1.82) is 5.41 Å². The molecule has 3 heteroatoms. The third-order valence-corrected chi connectivity index (χ3v) is 3.86. The zero-order valence-electron chi connectivity index (χ0n) is 11.4. The number of nitrogens with one attached hydrogen (secondary N) is 1. The van der Waals surface area contributed by atoms with Gasteiger partial charge in [0.15, 0.2) is 0 Å². The summed E-state index contributed by atoms with van der Waals surface area (Å²) in [6.45, 7) is 8.65. The topological polar surface area (TPSA) is 30.3 Å². The third-order valence-electron chi connectivity index (χ3n) is 3.86. The fourth-order valence-corrected chi connectivity index (χ4v) is 2.76. The molecule has 1 aliphatic heterocycles. The van der Waals surface area contributed by atoms with E-state index in [9.17, 15) is 0 Å². The number of likely N-dealkylation sites (tertiary alicyclic amines) is 1. The smallest absolute Gasteiger partial charge is 0.128 e. The van der Waals surface area contributed by atoms with E-state index in [1.54, 1.807) is 0 Å². The molecule has 1 unspecified atom stereocenters. The van der Waals surface area contributed by atoms with E-state index in [0.717, 1.165) is 31.7 Å². The largest absolute Gasteiger partial charge is 0.355 e. The van der Waals surface area contributed by atoms with Crippen LogP contribution in [0.5, 0.6) is 0 Å². The van der Waals surface area contributed by atoms with Crippen molar-refractivity contribution in [3.05, 3.63) is 35.9 Å². The molecule has 0 amide bonds. The Labute approximate surface area is 110 Å². The summed E-state index contributed by atoms with van der Waals surface area (Å²) in [7, 11) is 0. The second-order valence-electron chi connectivity index (χ2n) is 4.82. The molecule has 1 aromatic rings. The quantitative estimate of drug-likeness (QED) is 0.652. The molecule has 0 bridgehead atoms. The van der Waals surface area contributed by atoms with Gasteiger partial charge in [0.25, 0.3) is 0 Å². The Hall–Kier alpha value is -1.35. The highest BCUT2D eigenvalue weighted by Crippen LogP contribution is 2.17. The molecule has 18 heavy (non-hydrogen) atoms. The van der Waals surface area contributed by atoms with Crippen LogP contribution < -0.4 is 0 Å². The summed E-state index contributed by atoms with van der Waals surface area (Å²) in [4.78, 5) is 4.70. The van der Waals surface area contributed by atoms with Crippen LogP contribution in [0.2, 0.25) is 0 Å². The molecule has 1 aromatic carbocycles. The Kier molecular flexibility index (Phi) is 4.37. The SMILES string of the molecule is CCN(CC)C1CCN(C(=N)c2ccccc2)C1. The van der Waals surface area contributed by atoms with Gasteiger partial charge in [-0.25, -0.2) is 0 Å². The molecule has 98 valence electrons. The van der Waals surface area contributed by atoms with Crippen molar-refractivity contribution in [2.24, 2.45) is 0 Å². The van der Waals surface area contributed by atoms with E-state index >= 15 is 0 Å². The van der Waals surface area contributed by atoms with Crippen LogP contribution in [-0.2, 0) is 0 Å². The highest BCUT2D eigenvalue weighted by atomic mass is 15.3. The fraction of sp³-hybridized carbons (Fsp3) is 0.533. The number of hydrogen-bond donors (Lipinski definition) is 1. The summed E-state index contributed by atoms with van der Waals surface area (Å²) >= 11 is 0. The van der Waals surface area contributed by atoms with E-state index in [-0.39, 0.29) is 0 Å². The van der Waals surface area contributed by atoms with Gasteiger partial charge in [0.2, 0.25) is 0 Å². The maximum atomic E-state index is 8.28. The lowest BCUT2D eigenvalue weighted by atomic mass is 10.2. The van der Waals surface area contributed by atoms with Gasteiger partial charge < -0.3 is 4.90 Å². The Morgan fingerprint density at radius 2 is 1.94 bits per heavy atom. The molecule has 1 saturated heterocycles. The molecule has 1 fully saturated rings. The van der Waals surface area contributed by atoms with E-state index in [0.29, 0.717) is 11.9 Å². The van der Waals surface area contributed by atoms with Crippen molar-refractivity contribution in [1.82, 2.24) is 9.80 Å². The summed E-state index contributed by atoms with van der Waals surface area (Å²) < 4.78 is 0. The summed E-state index contributed by atoms with van der Waals surface area (Å²) in [5, 5.41) is 8.28. The summed E-state index contributed by atoms with van der Waals surface area (Å²) in [6, 6.07) is 10.7. The van der Waals surface area contributed by atoms with E-state index in [4.69, 9.17) is 5.41 Å². The second-order valence-corrected chi connectivity index (χ2v) is 4.82. The summed E-state index contributed by atoms with van der Waals surface area (Å²) in [6.07, 6.45) is 1.18. The first-order valence-corrected chi connectivity index (χ1v) is 6.89. The van der Waals surface area contributed by atoms with Gasteiger partial charge in [-0.15, -0.1) is 0 Å². The third kappa shape index (κ3) is 2.72. The molecule has 0 spiro atoms. The van der Waals surface area contributed by atoms with Crippen LogP contribution in [0.4, 0.5) is 0 Å². The van der Waals surface area contributed by atoms with Crippen molar-refractivity contribution in [2.75, 3.05) is 26.2 Å². The van der Waals surface area contributed by atoms with Crippen LogP contribution >= 0.6 is 0 Å². The molecule has 1 heterocycles. The van der Waals surface area contributed by atoms with Gasteiger partial charge in [-0.2, -0.15) is 0 Å². The van der Waals surface area contributed by atoms with Crippen LogP contribution in [0.1, 0.15) is 25.8 Å². The molecular formula is C15H23N3. The highest BCUT2D eigenvalue weighted by molar-refractivity contribution is 5.96. The molecule has 0 saturated carbocycles. The maximum absolute atomic E-state index is 8.28. The van der Waals surface area contributed by atoms with E-state index in [2.05, 4.69) is 23.6 Å². The van der Waals surface area contributed by atoms with E-state index in [1.165, 1.54) is 6.42 Å². The lowest BCUT2D eigenvalue weighted by molar-refractivity contribution is 0.224. The second kappa shape index (κ2) is 6.01. The molecule has 3 nitrogen and oxygen atoms in total. The molecule has 0 aliphatic carbocycles. The average Bonchev–Trinajstić information content (AvgIpc) is 2.90. The van der Waals surface area contributed by atoms with Crippen molar-refractivity contribution in [3.63, 3.8) is 0 Å². The predicted octanol–water partition coefficient (Wildman–Crippen LogP) is 2.43. The average molecular weight is 245 g/mol. The molecule has 1 N–H and O–H groups in total. The van der Waals surface area contributed by atoms with Crippen molar-refractivity contribution >= 4 is 5.84 Å². The van der Waals surface area contributed by atoms with Gasteiger partial charge in [0, 0.05) is 24.7 Å². The normalized spacial score (nSPS) is 19.5. The van der Waals surface area contributed by atoms with Gasteiger partial charge in [0.05, 0.1) is 0 Å². The van der Waals surface area contributed by atoms with Gasteiger partial charge in [-0.1, -0.05) is 44.2 Å². The van der Waals surface area contributed by atoms with E-state index in [1.807, 2.05) is 30.3 Å². The number of benzene rings is 1. The summed E-state index contributed by atoms with van der Waals surface area (Å²) in [5.41, 5.74) is 1.03. The molecule has 2 rings (SSSR count). The Morgan fingerprint density at radius 3 is 2.56 bits per heavy atom. The van der Waals surface area contributed by atoms with Crippen LogP contribution in [0.15, 0.2) is 30.3 Å². The Balaban J connectivity index is 1.99. The van der Waals surface area contributed by atoms with Gasteiger partial charge in [-0.3, -0.25) is 10.3 Å². The molecule has 0 radical (unpaired) electrons. The molecule has 1 atom stereocenters. The predicted molar refractivity (Wildman–Crippen MR) is 76.2 cm³/mol. The first-order valence-electron chi connectivity index (χ1n) is 6.89. The van der Waals surface area contributed by atoms with Gasteiger partial charge in [0.1, 0.15) is 5.84 Å². The standard InChI is InChI=1S/C15H23N3/c1-3-17(4-2)14-10-11-18(12-14)15(16)13-8-6-5-7-9-13/h5-9,14,16H,3-4,10-12H2,1-2H3. The van der Waals surface area contributed by atoms with Crippen LogP contribution in [0.25, 0.3) is 0 Å². The van der Waals surface area contributed by atoms with Crippen molar-refractivity contribution in [3.8, 4) is 0 Å². The fourth-order valence-electron chi connectivity index (χ4n) is 2.76. The monoisotopic (exact) mass is 245 g/mol. The van der Waals surface area contributed by atoms with Crippen LogP contribution in [0, 0.1) is 5.41 Å². The van der Waals surface area contributed by atoms with Crippen LogP contribution in [-0.4, -0.2) is 47.9 Å². The lowest BCUT2D eigenvalue weighted by Crippen LogP contribution is -2.38. The first-order chi connectivity index (χ1) is 8.76. The van der Waals surface area contributed by atoms with E-state index < -0.39 is 0 Å². The molecule has 1 aliphatic rings. The first kappa shape index (κ1) is 13.1. The van der Waals surface area contributed by atoms with Gasteiger partial charge in [-0.05, 0) is 19.5 Å². The number of likely N-dealkylation sites (N-methyl/N-ethyl adjacent to an activating group) is 1. The molecule has 0 aromatic heterocycles. The zero-order valence-corrected chi connectivity index (χ0v) is 11.4. The molecular weight excluding hydrogens is 222 g/mol. The maximum Gasteiger partial charge on any atom is 0.128 e. The highest BCUT2D eigenvalue weighted by Gasteiger charge is 2.27. The number of nitrogens with zero attached hydrogens (tertiary/aromatic N) is 2. The Morgan fingerprint density at radius 1 is 1.28 bits per heavy atom. The summed E-state index contributed by atoms with van der Waals surface area (Å²) in [5.74, 6) is 0.672.